The van der Waals surface area contributed by atoms with Crippen LogP contribution in [-0.2, 0) is 4.79 Å². The molecule has 0 aliphatic heterocycles. The van der Waals surface area contributed by atoms with Gasteiger partial charge in [0.2, 0.25) is 5.89 Å². The molecule has 1 aromatic heterocycles. The maximum atomic E-state index is 12.0. The molecule has 1 heterocycles. The molecular formula is C19H16N4O6. The molecule has 0 saturated heterocycles. The number of non-ortho nitro benzene ring substituents is 1. The summed E-state index contributed by atoms with van der Waals surface area (Å²) in [5, 5.41) is 20.8. The van der Waals surface area contributed by atoms with Crippen LogP contribution in [0.1, 0.15) is 5.56 Å². The highest BCUT2D eigenvalue weighted by molar-refractivity contribution is 6.00. The van der Waals surface area contributed by atoms with Crippen LogP contribution < -0.4 is 14.8 Å². The topological polar surface area (TPSA) is 130 Å². The first-order chi connectivity index (χ1) is 14.0. The van der Waals surface area contributed by atoms with E-state index in [0.717, 1.165) is 0 Å². The second-order valence-electron chi connectivity index (χ2n) is 5.68. The summed E-state index contributed by atoms with van der Waals surface area (Å²) in [6.07, 6.45) is 2.75. The summed E-state index contributed by atoms with van der Waals surface area (Å²) in [5.74, 6) is 0.780. The number of hydrogen-bond acceptors (Lipinski definition) is 8. The molecule has 0 saturated carbocycles. The number of nitro groups is 1. The molecule has 148 valence electrons. The Labute approximate surface area is 164 Å². The van der Waals surface area contributed by atoms with Crippen molar-refractivity contribution in [3.63, 3.8) is 0 Å². The van der Waals surface area contributed by atoms with Gasteiger partial charge in [-0.05, 0) is 35.9 Å². The van der Waals surface area contributed by atoms with Crippen LogP contribution in [0.25, 0.3) is 17.5 Å². The van der Waals surface area contributed by atoms with E-state index in [4.69, 9.17) is 13.9 Å². The molecule has 29 heavy (non-hydrogen) atoms. The molecule has 0 aliphatic carbocycles. The fraction of sp³-hybridized carbons (Fsp3) is 0.105. The number of ether oxygens (including phenoxy) is 2. The highest BCUT2D eigenvalue weighted by Gasteiger charge is 2.13. The molecule has 10 nitrogen and oxygen atoms in total. The first-order valence-electron chi connectivity index (χ1n) is 8.29. The van der Waals surface area contributed by atoms with Crippen molar-refractivity contribution in [3.05, 3.63) is 64.2 Å². The van der Waals surface area contributed by atoms with Gasteiger partial charge in [0, 0.05) is 29.8 Å². The third kappa shape index (κ3) is 4.95. The number of methoxy groups -OCH3 is 2. The SMILES string of the molecule is COc1cc(OC)cc(-c2nnc(NC(=O)C=Cc3ccc([N+](=O)[O-])cc3)o2)c1. The number of rotatable bonds is 7. The van der Waals surface area contributed by atoms with Gasteiger partial charge in [-0.3, -0.25) is 20.2 Å². The van der Waals surface area contributed by atoms with Gasteiger partial charge in [-0.2, -0.15) is 0 Å². The molecule has 1 amide bonds. The van der Waals surface area contributed by atoms with Crippen LogP contribution in [0.2, 0.25) is 0 Å². The largest absolute Gasteiger partial charge is 0.497 e. The van der Waals surface area contributed by atoms with Gasteiger partial charge in [-0.25, -0.2) is 0 Å². The second kappa shape index (κ2) is 8.65. The molecule has 10 heteroatoms. The zero-order valence-corrected chi connectivity index (χ0v) is 15.5. The fourth-order valence-electron chi connectivity index (χ4n) is 2.35. The van der Waals surface area contributed by atoms with E-state index in [1.807, 2.05) is 0 Å². The van der Waals surface area contributed by atoms with E-state index < -0.39 is 10.8 Å². The maximum Gasteiger partial charge on any atom is 0.322 e. The molecule has 1 N–H and O–H groups in total. The van der Waals surface area contributed by atoms with E-state index in [-0.39, 0.29) is 17.6 Å². The fourth-order valence-corrected chi connectivity index (χ4v) is 2.35. The Morgan fingerprint density at radius 3 is 2.34 bits per heavy atom. The van der Waals surface area contributed by atoms with Crippen molar-refractivity contribution in [1.82, 2.24) is 10.2 Å². The van der Waals surface area contributed by atoms with Gasteiger partial charge in [0.15, 0.2) is 0 Å². The van der Waals surface area contributed by atoms with Crippen LogP contribution in [0.5, 0.6) is 11.5 Å². The van der Waals surface area contributed by atoms with Crippen LogP contribution in [0.4, 0.5) is 11.7 Å². The van der Waals surface area contributed by atoms with Gasteiger partial charge in [-0.1, -0.05) is 5.10 Å². The third-order valence-corrected chi connectivity index (χ3v) is 3.78. The Balaban J connectivity index is 1.68. The van der Waals surface area contributed by atoms with Crippen molar-refractivity contribution in [2.24, 2.45) is 0 Å². The molecule has 0 aliphatic rings. The predicted molar refractivity (Wildman–Crippen MR) is 104 cm³/mol. The van der Waals surface area contributed by atoms with Crippen molar-refractivity contribution < 1.29 is 23.6 Å². The van der Waals surface area contributed by atoms with E-state index in [9.17, 15) is 14.9 Å². The summed E-state index contributed by atoms with van der Waals surface area (Å²) in [6, 6.07) is 10.8. The number of nitrogens with zero attached hydrogens (tertiary/aromatic N) is 3. The Hall–Kier alpha value is -4.21. The van der Waals surface area contributed by atoms with Gasteiger partial charge < -0.3 is 13.9 Å². The van der Waals surface area contributed by atoms with Crippen LogP contribution >= 0.6 is 0 Å². The first kappa shape index (κ1) is 19.5. The number of nitrogens with one attached hydrogen (secondary N) is 1. The molecule has 0 atom stereocenters. The minimum Gasteiger partial charge on any atom is -0.497 e. The standard InChI is InChI=1S/C19H16N4O6/c1-27-15-9-13(10-16(11-15)28-2)18-21-22-19(29-18)20-17(24)8-5-12-3-6-14(7-4-12)23(25)26/h3-11H,1-2H3,(H,20,22,24). The van der Waals surface area contributed by atoms with Crippen molar-refractivity contribution in [3.8, 4) is 23.0 Å². The van der Waals surface area contributed by atoms with E-state index in [1.54, 1.807) is 18.2 Å². The van der Waals surface area contributed by atoms with Gasteiger partial charge in [0.05, 0.1) is 19.1 Å². The van der Waals surface area contributed by atoms with Crippen LogP contribution in [0.15, 0.2) is 53.0 Å². The van der Waals surface area contributed by atoms with Crippen molar-refractivity contribution in [2.45, 2.75) is 0 Å². The Morgan fingerprint density at radius 2 is 1.76 bits per heavy atom. The number of carbonyl (C=O) groups excluding carboxylic acids is 1. The summed E-state index contributed by atoms with van der Waals surface area (Å²) >= 11 is 0. The molecule has 0 fully saturated rings. The van der Waals surface area contributed by atoms with Crippen molar-refractivity contribution >= 4 is 23.7 Å². The highest BCUT2D eigenvalue weighted by Crippen LogP contribution is 2.29. The normalized spacial score (nSPS) is 10.7. The lowest BCUT2D eigenvalue weighted by molar-refractivity contribution is -0.384. The number of nitro benzene ring substituents is 1. The molecule has 3 aromatic rings. The summed E-state index contributed by atoms with van der Waals surface area (Å²) in [6.45, 7) is 0. The number of hydrogen-bond donors (Lipinski definition) is 1. The minimum atomic E-state index is -0.498. The van der Waals surface area contributed by atoms with Gasteiger partial charge in [0.25, 0.3) is 11.6 Å². The summed E-state index contributed by atoms with van der Waals surface area (Å²) in [5.41, 5.74) is 1.16. The van der Waals surface area contributed by atoms with Crippen molar-refractivity contribution in [1.29, 1.82) is 0 Å². The Bertz CT molecular complexity index is 1040. The molecule has 0 unspecified atom stereocenters. The molecule has 0 radical (unpaired) electrons. The number of benzene rings is 2. The van der Waals surface area contributed by atoms with Gasteiger partial charge in [-0.15, -0.1) is 5.10 Å². The monoisotopic (exact) mass is 396 g/mol. The molecule has 2 aromatic carbocycles. The highest BCUT2D eigenvalue weighted by atomic mass is 16.6. The van der Waals surface area contributed by atoms with Crippen molar-refractivity contribution in [2.75, 3.05) is 19.5 Å². The number of amides is 1. The van der Waals surface area contributed by atoms with E-state index in [0.29, 0.717) is 22.6 Å². The van der Waals surface area contributed by atoms with Crippen LogP contribution in [-0.4, -0.2) is 35.2 Å². The first-order valence-corrected chi connectivity index (χ1v) is 8.29. The number of carbonyl (C=O) groups is 1. The lowest BCUT2D eigenvalue weighted by Crippen LogP contribution is -2.07. The Morgan fingerprint density at radius 1 is 1.10 bits per heavy atom. The summed E-state index contributed by atoms with van der Waals surface area (Å²) < 4.78 is 15.9. The van der Waals surface area contributed by atoms with E-state index >= 15 is 0 Å². The third-order valence-electron chi connectivity index (χ3n) is 3.78. The zero-order valence-electron chi connectivity index (χ0n) is 15.5. The smallest absolute Gasteiger partial charge is 0.322 e. The quantitative estimate of drug-likeness (QED) is 0.366. The zero-order chi connectivity index (χ0) is 20.8. The molecular weight excluding hydrogens is 380 g/mol. The van der Waals surface area contributed by atoms with E-state index in [1.165, 1.54) is 50.6 Å². The predicted octanol–water partition coefficient (Wildman–Crippen LogP) is 3.31. The number of aromatic nitrogens is 2. The van der Waals surface area contributed by atoms with Gasteiger partial charge in [0.1, 0.15) is 11.5 Å². The maximum absolute atomic E-state index is 12.0. The van der Waals surface area contributed by atoms with E-state index in [2.05, 4.69) is 15.5 Å². The van der Waals surface area contributed by atoms with Gasteiger partial charge >= 0.3 is 6.01 Å². The summed E-state index contributed by atoms with van der Waals surface area (Å²) in [7, 11) is 3.05. The second-order valence-corrected chi connectivity index (χ2v) is 5.68. The van der Waals surface area contributed by atoms with Crippen LogP contribution in [0, 0.1) is 10.1 Å². The van der Waals surface area contributed by atoms with Crippen LogP contribution in [0.3, 0.4) is 0 Å². The molecule has 0 bridgehead atoms. The lowest BCUT2D eigenvalue weighted by atomic mass is 10.2. The molecule has 3 rings (SSSR count). The minimum absolute atomic E-state index is 0.0286. The summed E-state index contributed by atoms with van der Waals surface area (Å²) in [4.78, 5) is 22.2. The Kier molecular flexibility index (Phi) is 5.83. The average molecular weight is 396 g/mol. The molecule has 0 spiro atoms. The number of anilines is 1. The average Bonchev–Trinajstić information content (AvgIpc) is 3.20. The lowest BCUT2D eigenvalue weighted by Gasteiger charge is -2.05.